The van der Waals surface area contributed by atoms with Gasteiger partial charge in [-0.15, -0.1) is 0 Å². The summed E-state index contributed by atoms with van der Waals surface area (Å²) in [5, 5.41) is 3.54. The average Bonchev–Trinajstić information content (AvgIpc) is 3.20. The molecular weight excluding hydrogens is 320 g/mol. The molecule has 4 nitrogen and oxygen atoms in total. The molecule has 4 heteroatoms. The Kier molecular flexibility index (Phi) is 4.57. The van der Waals surface area contributed by atoms with Crippen molar-refractivity contribution in [1.82, 2.24) is 9.97 Å². The molecule has 1 fully saturated rings. The van der Waals surface area contributed by atoms with Crippen LogP contribution in [0, 0.1) is 13.8 Å². The van der Waals surface area contributed by atoms with E-state index in [0.717, 1.165) is 41.8 Å². The minimum absolute atomic E-state index is 0.817. The van der Waals surface area contributed by atoms with Crippen molar-refractivity contribution in [2.24, 2.45) is 0 Å². The minimum Gasteiger partial charge on any atom is -0.341 e. The lowest BCUT2D eigenvalue weighted by atomic mass is 10.1. The summed E-state index contributed by atoms with van der Waals surface area (Å²) < 4.78 is 0. The van der Waals surface area contributed by atoms with Gasteiger partial charge in [-0.25, -0.2) is 4.98 Å². The molecule has 0 saturated carbocycles. The van der Waals surface area contributed by atoms with E-state index >= 15 is 0 Å². The highest BCUT2D eigenvalue weighted by Gasteiger charge is 2.17. The molecule has 3 aromatic rings. The summed E-state index contributed by atoms with van der Waals surface area (Å²) in [5.74, 6) is 1.66. The molecule has 2 heterocycles. The zero-order valence-corrected chi connectivity index (χ0v) is 15.4. The normalized spacial score (nSPS) is 13.8. The van der Waals surface area contributed by atoms with E-state index < -0.39 is 0 Å². The summed E-state index contributed by atoms with van der Waals surface area (Å²) >= 11 is 0. The first kappa shape index (κ1) is 16.6. The topological polar surface area (TPSA) is 41.1 Å². The first-order valence-electron chi connectivity index (χ1n) is 9.23. The lowest BCUT2D eigenvalue weighted by Crippen LogP contribution is -2.21. The monoisotopic (exact) mass is 344 g/mol. The lowest BCUT2D eigenvalue weighted by molar-refractivity contribution is 0.901. The number of hydrogen-bond acceptors (Lipinski definition) is 4. The van der Waals surface area contributed by atoms with Crippen LogP contribution in [0.4, 0.5) is 17.5 Å². The Balaban J connectivity index is 1.77. The van der Waals surface area contributed by atoms with E-state index in [2.05, 4.69) is 54.4 Å². The van der Waals surface area contributed by atoms with Crippen LogP contribution in [0.1, 0.15) is 24.0 Å². The Bertz CT molecular complexity index is 879. The van der Waals surface area contributed by atoms with Gasteiger partial charge in [0, 0.05) is 30.4 Å². The first-order chi connectivity index (χ1) is 12.7. The van der Waals surface area contributed by atoms with Crippen molar-refractivity contribution in [3.63, 3.8) is 0 Å². The van der Waals surface area contributed by atoms with Crippen molar-refractivity contribution in [2.45, 2.75) is 26.7 Å². The molecule has 4 rings (SSSR count). The van der Waals surface area contributed by atoms with Crippen molar-refractivity contribution in [3.8, 4) is 11.3 Å². The van der Waals surface area contributed by atoms with Crippen LogP contribution in [-0.2, 0) is 0 Å². The first-order valence-corrected chi connectivity index (χ1v) is 9.23. The van der Waals surface area contributed by atoms with Crippen molar-refractivity contribution < 1.29 is 0 Å². The van der Waals surface area contributed by atoms with E-state index in [0.29, 0.717) is 0 Å². The molecular formula is C22H24N4. The third-order valence-corrected chi connectivity index (χ3v) is 4.91. The van der Waals surface area contributed by atoms with E-state index in [1.807, 2.05) is 24.3 Å². The number of aromatic nitrogens is 2. The third-order valence-electron chi connectivity index (χ3n) is 4.91. The number of hydrogen-bond donors (Lipinski definition) is 1. The lowest BCUT2D eigenvalue weighted by Gasteiger charge is -2.19. The van der Waals surface area contributed by atoms with Gasteiger partial charge in [0.15, 0.2) is 0 Å². The number of nitrogens with one attached hydrogen (secondary N) is 1. The second-order valence-corrected chi connectivity index (χ2v) is 6.89. The van der Waals surface area contributed by atoms with E-state index in [1.54, 1.807) is 0 Å². The smallest absolute Gasteiger partial charge is 0.227 e. The predicted molar refractivity (Wildman–Crippen MR) is 108 cm³/mol. The van der Waals surface area contributed by atoms with Crippen molar-refractivity contribution in [3.05, 3.63) is 65.7 Å². The molecule has 1 aromatic heterocycles. The maximum Gasteiger partial charge on any atom is 0.227 e. The number of nitrogens with zero attached hydrogens (tertiary/aromatic N) is 3. The standard InChI is InChI=1S/C22H24N4/c1-16-9-8-10-17(2)21(16)24-20-15-19(18-11-4-3-5-12-18)23-22(25-20)26-13-6-7-14-26/h3-5,8-12,15H,6-7,13-14H2,1-2H3,(H,23,24,25). The fourth-order valence-electron chi connectivity index (χ4n) is 3.45. The highest BCUT2D eigenvalue weighted by Crippen LogP contribution is 2.28. The zero-order valence-electron chi connectivity index (χ0n) is 15.4. The molecule has 1 N–H and O–H groups in total. The largest absolute Gasteiger partial charge is 0.341 e. The van der Waals surface area contributed by atoms with Gasteiger partial charge in [0.05, 0.1) is 5.69 Å². The van der Waals surface area contributed by atoms with Crippen LogP contribution >= 0.6 is 0 Å². The van der Waals surface area contributed by atoms with Gasteiger partial charge in [0.1, 0.15) is 5.82 Å². The Morgan fingerprint density at radius 1 is 0.846 bits per heavy atom. The van der Waals surface area contributed by atoms with Crippen LogP contribution in [0.15, 0.2) is 54.6 Å². The van der Waals surface area contributed by atoms with E-state index in [-0.39, 0.29) is 0 Å². The number of para-hydroxylation sites is 1. The summed E-state index contributed by atoms with van der Waals surface area (Å²) in [6.07, 6.45) is 2.41. The molecule has 0 bridgehead atoms. The number of rotatable bonds is 4. The zero-order chi connectivity index (χ0) is 17.9. The number of benzene rings is 2. The van der Waals surface area contributed by atoms with Gasteiger partial charge in [0.2, 0.25) is 5.95 Å². The highest BCUT2D eigenvalue weighted by molar-refractivity contribution is 5.70. The fraction of sp³-hybridized carbons (Fsp3) is 0.273. The molecule has 0 aliphatic carbocycles. The van der Waals surface area contributed by atoms with Gasteiger partial charge < -0.3 is 10.2 Å². The van der Waals surface area contributed by atoms with Gasteiger partial charge in [-0.05, 0) is 37.8 Å². The average molecular weight is 344 g/mol. The fourth-order valence-corrected chi connectivity index (χ4v) is 3.45. The molecule has 0 amide bonds. The molecule has 1 aliphatic heterocycles. The number of aryl methyl sites for hydroxylation is 2. The Hall–Kier alpha value is -2.88. The van der Waals surface area contributed by atoms with Crippen LogP contribution in [0.25, 0.3) is 11.3 Å². The Morgan fingerprint density at radius 3 is 2.23 bits per heavy atom. The maximum absolute atomic E-state index is 4.85. The van der Waals surface area contributed by atoms with Gasteiger partial charge in [-0.1, -0.05) is 48.5 Å². The van der Waals surface area contributed by atoms with Gasteiger partial charge in [0.25, 0.3) is 0 Å². The molecule has 2 aromatic carbocycles. The van der Waals surface area contributed by atoms with Crippen LogP contribution in [0.3, 0.4) is 0 Å². The second kappa shape index (κ2) is 7.16. The second-order valence-electron chi connectivity index (χ2n) is 6.89. The Morgan fingerprint density at radius 2 is 1.54 bits per heavy atom. The minimum atomic E-state index is 0.817. The van der Waals surface area contributed by atoms with E-state index in [9.17, 15) is 0 Å². The summed E-state index contributed by atoms with van der Waals surface area (Å²) in [7, 11) is 0. The Labute approximate surface area is 154 Å². The summed E-state index contributed by atoms with van der Waals surface area (Å²) in [5.41, 5.74) is 5.62. The number of anilines is 3. The molecule has 1 aliphatic rings. The molecule has 0 unspecified atom stereocenters. The molecule has 0 spiro atoms. The van der Waals surface area contributed by atoms with Gasteiger partial charge in [-0.3, -0.25) is 0 Å². The van der Waals surface area contributed by atoms with Gasteiger partial charge >= 0.3 is 0 Å². The maximum atomic E-state index is 4.85. The quantitative estimate of drug-likeness (QED) is 0.714. The van der Waals surface area contributed by atoms with Crippen LogP contribution < -0.4 is 10.2 Å². The van der Waals surface area contributed by atoms with Crippen LogP contribution in [0.2, 0.25) is 0 Å². The summed E-state index contributed by atoms with van der Waals surface area (Å²) in [6.45, 7) is 6.30. The van der Waals surface area contributed by atoms with Gasteiger partial charge in [-0.2, -0.15) is 4.98 Å². The molecule has 1 saturated heterocycles. The van der Waals surface area contributed by atoms with Crippen LogP contribution in [0.5, 0.6) is 0 Å². The SMILES string of the molecule is Cc1cccc(C)c1Nc1cc(-c2ccccc2)nc(N2CCCC2)n1. The van der Waals surface area contributed by atoms with Crippen molar-refractivity contribution >= 4 is 17.5 Å². The van der Waals surface area contributed by atoms with E-state index in [4.69, 9.17) is 9.97 Å². The van der Waals surface area contributed by atoms with Crippen molar-refractivity contribution in [1.29, 1.82) is 0 Å². The summed E-state index contributed by atoms with van der Waals surface area (Å²) in [4.78, 5) is 11.9. The van der Waals surface area contributed by atoms with Crippen LogP contribution in [-0.4, -0.2) is 23.1 Å². The third kappa shape index (κ3) is 3.40. The molecule has 0 radical (unpaired) electrons. The van der Waals surface area contributed by atoms with E-state index in [1.165, 1.54) is 24.0 Å². The predicted octanol–water partition coefficient (Wildman–Crippen LogP) is 5.10. The molecule has 132 valence electrons. The highest BCUT2D eigenvalue weighted by atomic mass is 15.3. The summed E-state index contributed by atoms with van der Waals surface area (Å²) in [6, 6.07) is 18.7. The molecule has 0 atom stereocenters. The molecule has 26 heavy (non-hydrogen) atoms. The van der Waals surface area contributed by atoms with Crippen molar-refractivity contribution in [2.75, 3.05) is 23.3 Å².